The van der Waals surface area contributed by atoms with Crippen molar-refractivity contribution in [1.82, 2.24) is 14.5 Å². The number of fused-ring (bicyclic) bond motifs is 2. The fourth-order valence-corrected chi connectivity index (χ4v) is 6.17. The first-order chi connectivity index (χ1) is 17.4. The molecule has 6 nitrogen and oxygen atoms in total. The van der Waals surface area contributed by atoms with Crippen LogP contribution in [0.2, 0.25) is 0 Å². The number of carbonyl (C=O) groups excluding carboxylic acids is 1. The summed E-state index contributed by atoms with van der Waals surface area (Å²) < 4.78 is 8.60. The van der Waals surface area contributed by atoms with E-state index in [1.54, 1.807) is 0 Å². The third kappa shape index (κ3) is 4.94. The van der Waals surface area contributed by atoms with Crippen molar-refractivity contribution in [1.29, 1.82) is 0 Å². The topological polar surface area (TPSA) is 59.4 Å². The molecule has 2 aromatic carbocycles. The van der Waals surface area contributed by atoms with Crippen LogP contribution in [0.4, 0.5) is 5.69 Å². The lowest BCUT2D eigenvalue weighted by Gasteiger charge is -2.40. The predicted molar refractivity (Wildman–Crippen MR) is 146 cm³/mol. The fourth-order valence-electron chi connectivity index (χ4n) is 6.17. The summed E-state index contributed by atoms with van der Waals surface area (Å²) in [6.07, 6.45) is 3.88. The van der Waals surface area contributed by atoms with Crippen molar-refractivity contribution in [3.63, 3.8) is 0 Å². The first kappa shape index (κ1) is 25.0. The number of aromatic nitrogens is 2. The Kier molecular flexibility index (Phi) is 7.18. The first-order valence-corrected chi connectivity index (χ1v) is 13.5. The number of rotatable bonds is 7. The molecule has 0 saturated carbocycles. The van der Waals surface area contributed by atoms with Gasteiger partial charge in [-0.3, -0.25) is 4.79 Å². The highest BCUT2D eigenvalue weighted by atomic mass is 16.5. The van der Waals surface area contributed by atoms with E-state index in [9.17, 15) is 4.79 Å². The summed E-state index contributed by atoms with van der Waals surface area (Å²) in [7, 11) is 1.86. The molecule has 0 spiro atoms. The van der Waals surface area contributed by atoms with E-state index in [2.05, 4.69) is 65.9 Å². The second-order valence-electron chi connectivity index (χ2n) is 11.0. The highest BCUT2D eigenvalue weighted by molar-refractivity contribution is 5.90. The largest absolute Gasteiger partial charge is 0.378 e. The number of benzene rings is 2. The van der Waals surface area contributed by atoms with Crippen molar-refractivity contribution in [3.8, 4) is 0 Å². The molecular formula is C30H40N4O2. The number of carbonyl (C=O) groups is 1. The lowest BCUT2D eigenvalue weighted by atomic mass is 9.97. The van der Waals surface area contributed by atoms with Gasteiger partial charge in [-0.15, -0.1) is 0 Å². The van der Waals surface area contributed by atoms with Gasteiger partial charge in [-0.1, -0.05) is 32.9 Å². The smallest absolute Gasteiger partial charge is 0.224 e. The maximum absolute atomic E-state index is 11.8. The molecule has 1 amide bonds. The average molecular weight is 489 g/mol. The summed E-state index contributed by atoms with van der Waals surface area (Å²) in [6.45, 7) is 11.6. The zero-order chi connectivity index (χ0) is 25.4. The molecule has 1 aliphatic carbocycles. The van der Waals surface area contributed by atoms with E-state index in [0.717, 1.165) is 55.9 Å². The molecule has 1 unspecified atom stereocenters. The van der Waals surface area contributed by atoms with E-state index in [-0.39, 0.29) is 12.0 Å². The lowest BCUT2D eigenvalue weighted by Crippen LogP contribution is -2.47. The van der Waals surface area contributed by atoms with Crippen LogP contribution < -0.4 is 5.32 Å². The standard InChI is InChI=1S/C30H40N4O2/c1-6-29(35)31-24-9-8-22-14-21(15-23(22)16-24)17-33-12-11-27(28(18-33)36-5)34-26-10-7-20(4)13-25(26)32-30(34)19(2)3/h7-10,13,16,19,21,27-28H,6,11-12,14-15,17-18H2,1-5H3,(H,31,35)/t21?,27-,28-/m1/s1. The second-order valence-corrected chi connectivity index (χ2v) is 11.0. The number of nitrogens with zero attached hydrogens (tertiary/aromatic N) is 3. The van der Waals surface area contributed by atoms with Crippen molar-refractivity contribution < 1.29 is 9.53 Å². The number of ether oxygens (including phenoxy) is 1. The Morgan fingerprint density at radius 2 is 1.97 bits per heavy atom. The monoisotopic (exact) mass is 488 g/mol. The van der Waals surface area contributed by atoms with E-state index in [1.807, 2.05) is 20.1 Å². The van der Waals surface area contributed by atoms with E-state index >= 15 is 0 Å². The van der Waals surface area contributed by atoms with Crippen LogP contribution in [0, 0.1) is 12.8 Å². The number of hydrogen-bond acceptors (Lipinski definition) is 4. The van der Waals surface area contributed by atoms with Crippen LogP contribution in [0.5, 0.6) is 0 Å². The number of likely N-dealkylation sites (tertiary alicyclic amines) is 1. The van der Waals surface area contributed by atoms with Crippen LogP contribution in [0.25, 0.3) is 11.0 Å². The Morgan fingerprint density at radius 3 is 2.72 bits per heavy atom. The number of amides is 1. The van der Waals surface area contributed by atoms with Crippen molar-refractivity contribution in [2.24, 2.45) is 5.92 Å². The zero-order valence-corrected chi connectivity index (χ0v) is 22.4. The molecule has 192 valence electrons. The highest BCUT2D eigenvalue weighted by Gasteiger charge is 2.35. The fraction of sp³-hybridized carbons (Fsp3) is 0.533. The van der Waals surface area contributed by atoms with Crippen molar-refractivity contribution in [2.75, 3.05) is 32.1 Å². The lowest BCUT2D eigenvalue weighted by molar-refractivity contribution is -0.115. The minimum atomic E-state index is 0.0689. The highest BCUT2D eigenvalue weighted by Crippen LogP contribution is 2.35. The maximum Gasteiger partial charge on any atom is 0.224 e. The number of hydrogen-bond donors (Lipinski definition) is 1. The molecule has 3 atom stereocenters. The van der Waals surface area contributed by atoms with E-state index < -0.39 is 0 Å². The first-order valence-electron chi connectivity index (χ1n) is 13.5. The molecule has 6 heteroatoms. The van der Waals surface area contributed by atoms with Crippen molar-refractivity contribution in [2.45, 2.75) is 71.4 Å². The molecule has 0 radical (unpaired) electrons. The molecule has 36 heavy (non-hydrogen) atoms. The minimum absolute atomic E-state index is 0.0689. The van der Waals surface area contributed by atoms with Gasteiger partial charge in [-0.25, -0.2) is 4.98 Å². The summed E-state index contributed by atoms with van der Waals surface area (Å²) >= 11 is 0. The molecule has 1 saturated heterocycles. The molecule has 3 aromatic rings. The summed E-state index contributed by atoms with van der Waals surface area (Å²) in [5, 5.41) is 3.00. The van der Waals surface area contributed by atoms with Gasteiger partial charge in [-0.05, 0) is 73.1 Å². The van der Waals surface area contributed by atoms with Crippen LogP contribution in [-0.2, 0) is 22.4 Å². The number of methoxy groups -OCH3 is 1. The Bertz CT molecular complexity index is 1250. The Morgan fingerprint density at radius 1 is 1.17 bits per heavy atom. The van der Waals surface area contributed by atoms with Crippen molar-refractivity contribution >= 4 is 22.6 Å². The summed E-state index contributed by atoms with van der Waals surface area (Å²) in [5.41, 5.74) is 7.29. The van der Waals surface area contributed by atoms with Gasteiger partial charge in [0.1, 0.15) is 5.82 Å². The van der Waals surface area contributed by atoms with E-state index in [0.29, 0.717) is 24.3 Å². The number of nitrogens with one attached hydrogen (secondary N) is 1. The van der Waals surface area contributed by atoms with Gasteiger partial charge in [0.25, 0.3) is 0 Å². The van der Waals surface area contributed by atoms with Gasteiger partial charge in [0, 0.05) is 44.8 Å². The molecule has 2 heterocycles. The molecule has 0 bridgehead atoms. The molecule has 1 fully saturated rings. The number of imidazole rings is 1. The van der Waals surface area contributed by atoms with Gasteiger partial charge >= 0.3 is 0 Å². The zero-order valence-electron chi connectivity index (χ0n) is 22.4. The maximum atomic E-state index is 11.8. The van der Waals surface area contributed by atoms with E-state index in [4.69, 9.17) is 9.72 Å². The molecule has 1 aliphatic heterocycles. The number of aryl methyl sites for hydroxylation is 1. The van der Waals surface area contributed by atoms with Crippen molar-refractivity contribution in [3.05, 3.63) is 58.9 Å². The van der Waals surface area contributed by atoms with Crippen LogP contribution in [0.15, 0.2) is 36.4 Å². The third-order valence-corrected chi connectivity index (χ3v) is 7.98. The summed E-state index contributed by atoms with van der Waals surface area (Å²) in [4.78, 5) is 19.4. The summed E-state index contributed by atoms with van der Waals surface area (Å²) in [6, 6.07) is 13.3. The van der Waals surface area contributed by atoms with Gasteiger partial charge in [0.05, 0.1) is 23.2 Å². The van der Waals surface area contributed by atoms with Crippen LogP contribution >= 0.6 is 0 Å². The number of piperidine rings is 1. The van der Waals surface area contributed by atoms with Gasteiger partial charge in [0.15, 0.2) is 0 Å². The van der Waals surface area contributed by atoms with E-state index in [1.165, 1.54) is 22.2 Å². The number of anilines is 1. The second kappa shape index (κ2) is 10.3. The predicted octanol–water partition coefficient (Wildman–Crippen LogP) is 5.49. The Labute approximate surface area is 215 Å². The summed E-state index contributed by atoms with van der Waals surface area (Å²) in [5.74, 6) is 2.19. The minimum Gasteiger partial charge on any atom is -0.378 e. The molecule has 2 aliphatic rings. The van der Waals surface area contributed by atoms with Crippen LogP contribution in [0.3, 0.4) is 0 Å². The van der Waals surface area contributed by atoms with Crippen LogP contribution in [0.1, 0.15) is 68.1 Å². The normalized spacial score (nSPS) is 22.3. The quantitative estimate of drug-likeness (QED) is 0.478. The molecule has 1 aromatic heterocycles. The average Bonchev–Trinajstić information content (AvgIpc) is 3.44. The molecule has 5 rings (SSSR count). The Hall–Kier alpha value is -2.70. The SMILES string of the molecule is CCC(=O)Nc1ccc2c(c1)CC(CN1CC[C@@H](n3c(C(C)C)nc4cc(C)ccc43)[C@H](OC)C1)C2. The Balaban J connectivity index is 1.28. The third-order valence-electron chi connectivity index (χ3n) is 7.98. The van der Waals surface area contributed by atoms with Gasteiger partial charge < -0.3 is 19.5 Å². The van der Waals surface area contributed by atoms with Crippen LogP contribution in [-0.4, -0.2) is 53.2 Å². The molecule has 1 N–H and O–H groups in total. The van der Waals surface area contributed by atoms with Gasteiger partial charge in [-0.2, -0.15) is 0 Å². The molecular weight excluding hydrogens is 448 g/mol. The van der Waals surface area contributed by atoms with Gasteiger partial charge in [0.2, 0.25) is 5.91 Å².